The number of carbonyl (C=O) groups excluding carboxylic acids is 1. The fourth-order valence-electron chi connectivity index (χ4n) is 3.40. The fourth-order valence-corrected chi connectivity index (χ4v) is 3.40. The van der Waals surface area contributed by atoms with Crippen LogP contribution in [0.1, 0.15) is 40.6 Å². The van der Waals surface area contributed by atoms with Crippen molar-refractivity contribution < 1.29 is 9.53 Å². The Hall–Kier alpha value is -2.12. The lowest BCUT2D eigenvalue weighted by atomic mass is 10.1. The highest BCUT2D eigenvalue weighted by Gasteiger charge is 2.23. The van der Waals surface area contributed by atoms with Crippen LogP contribution >= 0.6 is 12.4 Å². The van der Waals surface area contributed by atoms with Crippen molar-refractivity contribution in [2.24, 2.45) is 0 Å². The van der Waals surface area contributed by atoms with Gasteiger partial charge in [-0.1, -0.05) is 5.21 Å². The van der Waals surface area contributed by atoms with E-state index in [1.54, 1.807) is 0 Å². The number of fused-ring (bicyclic) bond motifs is 1. The molecule has 0 spiro atoms. The first-order valence-corrected chi connectivity index (χ1v) is 8.42. The molecule has 25 heavy (non-hydrogen) atoms. The van der Waals surface area contributed by atoms with Gasteiger partial charge in [0.25, 0.3) is 5.91 Å². The van der Waals surface area contributed by atoms with Gasteiger partial charge in [-0.15, -0.1) is 17.5 Å². The topological polar surface area (TPSA) is 81.1 Å². The zero-order chi connectivity index (χ0) is 16.5. The summed E-state index contributed by atoms with van der Waals surface area (Å²) in [6.07, 6.45) is 2.90. The molecule has 0 saturated carbocycles. The predicted octanol–water partition coefficient (Wildman–Crippen LogP) is 2.12. The quantitative estimate of drug-likeness (QED) is 0.873. The Morgan fingerprint density at radius 3 is 2.96 bits per heavy atom. The van der Waals surface area contributed by atoms with Crippen molar-refractivity contribution in [1.29, 1.82) is 0 Å². The van der Waals surface area contributed by atoms with Gasteiger partial charge in [-0.05, 0) is 56.6 Å². The van der Waals surface area contributed by atoms with Crippen LogP contribution in [0.15, 0.2) is 18.2 Å². The molecule has 134 valence electrons. The van der Waals surface area contributed by atoms with E-state index in [0.717, 1.165) is 55.0 Å². The first-order valence-electron chi connectivity index (χ1n) is 8.42. The number of carbonyl (C=O) groups is 1. The molecule has 1 amide bonds. The van der Waals surface area contributed by atoms with Gasteiger partial charge in [0.15, 0.2) is 5.69 Å². The Bertz CT molecular complexity index is 770. The number of nitrogens with one attached hydrogen (secondary N) is 2. The molecule has 1 saturated heterocycles. The molecular weight excluding hydrogens is 342 g/mol. The van der Waals surface area contributed by atoms with Crippen LogP contribution in [0.3, 0.4) is 0 Å². The van der Waals surface area contributed by atoms with Crippen molar-refractivity contribution in [2.75, 3.05) is 25.0 Å². The minimum atomic E-state index is -0.216. The molecule has 2 aromatic rings. The molecule has 0 unspecified atom stereocenters. The maximum Gasteiger partial charge on any atom is 0.278 e. The van der Waals surface area contributed by atoms with Crippen LogP contribution in [0.5, 0.6) is 5.75 Å². The lowest BCUT2D eigenvalue weighted by molar-refractivity contribution is 0.102. The molecule has 1 fully saturated rings. The molecule has 1 aromatic heterocycles. The molecule has 4 rings (SSSR count). The molecular formula is C17H22ClN5O2. The Morgan fingerprint density at radius 1 is 1.36 bits per heavy atom. The smallest absolute Gasteiger partial charge is 0.278 e. The number of halogens is 1. The largest absolute Gasteiger partial charge is 0.493 e. The Morgan fingerprint density at radius 2 is 2.16 bits per heavy atom. The number of rotatable bonds is 3. The molecule has 0 radical (unpaired) electrons. The summed E-state index contributed by atoms with van der Waals surface area (Å²) in [5, 5.41) is 14.6. The zero-order valence-corrected chi connectivity index (χ0v) is 14.9. The lowest BCUT2D eigenvalue weighted by Gasteiger charge is -2.23. The zero-order valence-electron chi connectivity index (χ0n) is 14.1. The van der Waals surface area contributed by atoms with Crippen molar-refractivity contribution in [1.82, 2.24) is 20.3 Å². The number of piperidine rings is 1. The highest BCUT2D eigenvalue weighted by molar-refractivity contribution is 6.03. The Kier molecular flexibility index (Phi) is 5.24. The van der Waals surface area contributed by atoms with Gasteiger partial charge in [0.2, 0.25) is 0 Å². The number of ether oxygens (including phenoxy) is 1. The van der Waals surface area contributed by atoms with Gasteiger partial charge in [-0.25, -0.2) is 4.68 Å². The van der Waals surface area contributed by atoms with Gasteiger partial charge in [0.05, 0.1) is 18.3 Å². The molecule has 0 atom stereocenters. The third-order valence-electron chi connectivity index (χ3n) is 4.74. The lowest BCUT2D eigenvalue weighted by Crippen LogP contribution is -2.30. The third kappa shape index (κ3) is 3.48. The van der Waals surface area contributed by atoms with Crippen LogP contribution in [0, 0.1) is 6.92 Å². The SMILES string of the molecule is Cc1c(C(=O)Nc2ccc3c(c2)CCO3)nnn1C1CCNCC1.Cl. The van der Waals surface area contributed by atoms with Crippen molar-refractivity contribution in [3.63, 3.8) is 0 Å². The van der Waals surface area contributed by atoms with E-state index in [0.29, 0.717) is 18.3 Å². The van der Waals surface area contributed by atoms with Crippen LogP contribution in [-0.4, -0.2) is 40.6 Å². The molecule has 2 aliphatic heterocycles. The van der Waals surface area contributed by atoms with Crippen LogP contribution in [-0.2, 0) is 6.42 Å². The van der Waals surface area contributed by atoms with Gasteiger partial charge < -0.3 is 15.4 Å². The second kappa shape index (κ2) is 7.41. The number of nitrogens with zero attached hydrogens (tertiary/aromatic N) is 3. The molecule has 7 nitrogen and oxygen atoms in total. The standard InChI is InChI=1S/C17H21N5O2.ClH/c1-11-16(20-21-22(11)14-4-7-18-8-5-14)17(23)19-13-2-3-15-12(10-13)6-9-24-15;/h2-3,10,14,18H,4-9H2,1H3,(H,19,23);1H. The number of benzene rings is 1. The molecule has 3 heterocycles. The number of amides is 1. The molecule has 0 aliphatic carbocycles. The van der Waals surface area contributed by atoms with E-state index < -0.39 is 0 Å². The first kappa shape index (κ1) is 17.7. The third-order valence-corrected chi connectivity index (χ3v) is 4.74. The van der Waals surface area contributed by atoms with E-state index in [1.165, 1.54) is 0 Å². The molecule has 8 heteroatoms. The summed E-state index contributed by atoms with van der Waals surface area (Å²) in [6, 6.07) is 6.04. The summed E-state index contributed by atoms with van der Waals surface area (Å²) in [4.78, 5) is 12.6. The first-order chi connectivity index (χ1) is 11.7. The van der Waals surface area contributed by atoms with E-state index in [2.05, 4.69) is 20.9 Å². The molecule has 2 N–H and O–H groups in total. The van der Waals surface area contributed by atoms with Crippen molar-refractivity contribution in [3.8, 4) is 5.75 Å². The molecule has 2 aliphatic rings. The van der Waals surface area contributed by atoms with Gasteiger partial charge >= 0.3 is 0 Å². The van der Waals surface area contributed by atoms with Crippen molar-refractivity contribution in [3.05, 3.63) is 35.2 Å². The monoisotopic (exact) mass is 363 g/mol. The summed E-state index contributed by atoms with van der Waals surface area (Å²) < 4.78 is 7.38. The minimum Gasteiger partial charge on any atom is -0.493 e. The second-order valence-corrected chi connectivity index (χ2v) is 6.32. The average Bonchev–Trinajstić information content (AvgIpc) is 3.21. The fraction of sp³-hybridized carbons (Fsp3) is 0.471. The average molecular weight is 364 g/mol. The highest BCUT2D eigenvalue weighted by atomic mass is 35.5. The maximum atomic E-state index is 12.6. The van der Waals surface area contributed by atoms with Crippen molar-refractivity contribution >= 4 is 24.0 Å². The van der Waals surface area contributed by atoms with Crippen LogP contribution in [0.25, 0.3) is 0 Å². The van der Waals surface area contributed by atoms with Gasteiger partial charge in [0, 0.05) is 12.1 Å². The number of hydrogen-bond acceptors (Lipinski definition) is 5. The van der Waals surface area contributed by atoms with Gasteiger partial charge in [0.1, 0.15) is 5.75 Å². The summed E-state index contributed by atoms with van der Waals surface area (Å²) in [5.74, 6) is 0.688. The second-order valence-electron chi connectivity index (χ2n) is 6.32. The Labute approximate surface area is 152 Å². The van der Waals surface area contributed by atoms with Gasteiger partial charge in [-0.2, -0.15) is 0 Å². The predicted molar refractivity (Wildman–Crippen MR) is 96.7 cm³/mol. The van der Waals surface area contributed by atoms with Crippen LogP contribution in [0.2, 0.25) is 0 Å². The normalized spacial score (nSPS) is 16.7. The summed E-state index contributed by atoms with van der Waals surface area (Å²) in [5.41, 5.74) is 3.11. The van der Waals surface area contributed by atoms with Crippen LogP contribution in [0.4, 0.5) is 5.69 Å². The van der Waals surface area contributed by atoms with E-state index in [1.807, 2.05) is 29.8 Å². The number of aromatic nitrogens is 3. The Balaban J connectivity index is 0.00000182. The summed E-state index contributed by atoms with van der Waals surface area (Å²) in [7, 11) is 0. The number of hydrogen-bond donors (Lipinski definition) is 2. The molecule has 0 bridgehead atoms. The summed E-state index contributed by atoms with van der Waals surface area (Å²) >= 11 is 0. The van der Waals surface area contributed by atoms with Crippen molar-refractivity contribution in [2.45, 2.75) is 32.2 Å². The van der Waals surface area contributed by atoms with E-state index in [9.17, 15) is 4.79 Å². The number of anilines is 1. The van der Waals surface area contributed by atoms with E-state index >= 15 is 0 Å². The molecule has 1 aromatic carbocycles. The van der Waals surface area contributed by atoms with E-state index in [-0.39, 0.29) is 18.3 Å². The summed E-state index contributed by atoms with van der Waals surface area (Å²) in [6.45, 7) is 4.56. The van der Waals surface area contributed by atoms with Crippen LogP contribution < -0.4 is 15.4 Å². The van der Waals surface area contributed by atoms with Gasteiger partial charge in [-0.3, -0.25) is 4.79 Å². The minimum absolute atomic E-state index is 0. The van der Waals surface area contributed by atoms with E-state index in [4.69, 9.17) is 4.74 Å². The highest BCUT2D eigenvalue weighted by Crippen LogP contribution is 2.28. The maximum absolute atomic E-state index is 12.6.